The summed E-state index contributed by atoms with van der Waals surface area (Å²) < 4.78 is 11.2. The average molecular weight is 201 g/mol. The smallest absolute Gasteiger partial charge is 0.161 e. The summed E-state index contributed by atoms with van der Waals surface area (Å²) in [6.07, 6.45) is 4.55. The predicted molar refractivity (Wildman–Crippen MR) is 57.4 cm³/mol. The number of nitrogens with zero attached hydrogens (tertiary/aromatic N) is 1. The zero-order valence-corrected chi connectivity index (χ0v) is 8.27. The molecule has 0 radical (unpaired) electrons. The summed E-state index contributed by atoms with van der Waals surface area (Å²) in [7, 11) is 0. The van der Waals surface area contributed by atoms with Crippen LogP contribution in [0.3, 0.4) is 0 Å². The number of benzene rings is 1. The fourth-order valence-corrected chi connectivity index (χ4v) is 1.74. The first-order valence-corrected chi connectivity index (χ1v) is 5.07. The van der Waals surface area contributed by atoms with Crippen molar-refractivity contribution >= 4 is 10.8 Å². The highest BCUT2D eigenvalue weighted by atomic mass is 16.5. The molecule has 0 aliphatic carbocycles. The molecule has 0 spiro atoms. The second-order valence-electron chi connectivity index (χ2n) is 3.57. The summed E-state index contributed by atoms with van der Waals surface area (Å²) >= 11 is 0. The topological polar surface area (TPSA) is 31.4 Å². The molecule has 2 heterocycles. The van der Waals surface area contributed by atoms with Gasteiger partial charge < -0.3 is 9.47 Å². The molecule has 2 aromatic rings. The normalized spacial score (nSPS) is 14.9. The van der Waals surface area contributed by atoms with Crippen molar-refractivity contribution in [1.29, 1.82) is 0 Å². The number of ether oxygens (including phenoxy) is 2. The Bertz CT molecular complexity index is 451. The van der Waals surface area contributed by atoms with Crippen LogP contribution in [0.5, 0.6) is 11.5 Å². The lowest BCUT2D eigenvalue weighted by molar-refractivity contribution is 0.297. The van der Waals surface area contributed by atoms with Gasteiger partial charge in [-0.1, -0.05) is 0 Å². The van der Waals surface area contributed by atoms with E-state index in [2.05, 4.69) is 4.98 Å². The Morgan fingerprint density at radius 3 is 2.53 bits per heavy atom. The molecular formula is C12H11NO2. The van der Waals surface area contributed by atoms with Crippen LogP contribution in [-0.4, -0.2) is 18.2 Å². The van der Waals surface area contributed by atoms with Crippen LogP contribution in [0, 0.1) is 0 Å². The second-order valence-corrected chi connectivity index (χ2v) is 3.57. The highest BCUT2D eigenvalue weighted by Crippen LogP contribution is 2.33. The maximum absolute atomic E-state index is 5.61. The van der Waals surface area contributed by atoms with Gasteiger partial charge in [0, 0.05) is 24.2 Å². The number of aromatic nitrogens is 1. The molecule has 0 unspecified atom stereocenters. The zero-order chi connectivity index (χ0) is 10.1. The minimum Gasteiger partial charge on any atom is -0.490 e. The molecule has 0 N–H and O–H groups in total. The van der Waals surface area contributed by atoms with Gasteiger partial charge in [0.1, 0.15) is 0 Å². The van der Waals surface area contributed by atoms with E-state index in [0.717, 1.165) is 41.9 Å². The van der Waals surface area contributed by atoms with Gasteiger partial charge in [-0.3, -0.25) is 4.98 Å². The van der Waals surface area contributed by atoms with Crippen molar-refractivity contribution in [1.82, 2.24) is 4.98 Å². The molecule has 15 heavy (non-hydrogen) atoms. The summed E-state index contributed by atoms with van der Waals surface area (Å²) in [6, 6.07) is 5.98. The summed E-state index contributed by atoms with van der Waals surface area (Å²) in [4.78, 5) is 4.09. The number of rotatable bonds is 0. The molecule has 3 nitrogen and oxygen atoms in total. The van der Waals surface area contributed by atoms with E-state index < -0.39 is 0 Å². The first kappa shape index (κ1) is 8.53. The van der Waals surface area contributed by atoms with Crippen LogP contribution in [0.15, 0.2) is 30.6 Å². The van der Waals surface area contributed by atoms with Crippen molar-refractivity contribution in [2.75, 3.05) is 13.2 Å². The van der Waals surface area contributed by atoms with Crippen molar-refractivity contribution in [3.8, 4) is 11.5 Å². The van der Waals surface area contributed by atoms with E-state index in [1.807, 2.05) is 24.4 Å². The van der Waals surface area contributed by atoms with Gasteiger partial charge in [0.15, 0.2) is 11.5 Å². The molecule has 0 atom stereocenters. The minimum atomic E-state index is 0.721. The average Bonchev–Trinajstić information content (AvgIpc) is 2.50. The van der Waals surface area contributed by atoms with Gasteiger partial charge in [-0.05, 0) is 23.6 Å². The van der Waals surface area contributed by atoms with Crippen LogP contribution in [0.2, 0.25) is 0 Å². The number of hydrogen-bond donors (Lipinski definition) is 0. The molecule has 0 fully saturated rings. The third-order valence-corrected chi connectivity index (χ3v) is 2.51. The van der Waals surface area contributed by atoms with E-state index in [4.69, 9.17) is 9.47 Å². The first-order chi connectivity index (χ1) is 7.43. The van der Waals surface area contributed by atoms with Gasteiger partial charge >= 0.3 is 0 Å². The Labute approximate surface area is 87.6 Å². The molecule has 1 aliphatic heterocycles. The quantitative estimate of drug-likeness (QED) is 0.655. The summed E-state index contributed by atoms with van der Waals surface area (Å²) in [6.45, 7) is 1.45. The van der Waals surface area contributed by atoms with Crippen molar-refractivity contribution in [2.24, 2.45) is 0 Å². The molecular weight excluding hydrogens is 190 g/mol. The van der Waals surface area contributed by atoms with Crippen LogP contribution >= 0.6 is 0 Å². The Morgan fingerprint density at radius 2 is 1.73 bits per heavy atom. The Morgan fingerprint density at radius 1 is 1.00 bits per heavy atom. The lowest BCUT2D eigenvalue weighted by atomic mass is 10.1. The molecule has 0 amide bonds. The van der Waals surface area contributed by atoms with E-state index in [-0.39, 0.29) is 0 Å². The van der Waals surface area contributed by atoms with Crippen LogP contribution in [0.25, 0.3) is 10.8 Å². The molecule has 1 aromatic carbocycles. The van der Waals surface area contributed by atoms with E-state index in [1.54, 1.807) is 6.20 Å². The number of hydrogen-bond acceptors (Lipinski definition) is 3. The SMILES string of the molecule is c1cc2cc3c(cc2cn1)OCCCO3. The summed E-state index contributed by atoms with van der Waals surface area (Å²) in [5, 5.41) is 2.22. The molecule has 3 rings (SSSR count). The monoisotopic (exact) mass is 201 g/mol. The summed E-state index contributed by atoms with van der Waals surface area (Å²) in [5.41, 5.74) is 0. The van der Waals surface area contributed by atoms with E-state index in [1.165, 1.54) is 0 Å². The molecule has 76 valence electrons. The molecule has 1 aliphatic rings. The maximum Gasteiger partial charge on any atom is 0.161 e. The van der Waals surface area contributed by atoms with E-state index in [0.29, 0.717) is 0 Å². The fourth-order valence-electron chi connectivity index (χ4n) is 1.74. The minimum absolute atomic E-state index is 0.721. The van der Waals surface area contributed by atoms with Gasteiger partial charge in [0.05, 0.1) is 13.2 Å². The van der Waals surface area contributed by atoms with E-state index >= 15 is 0 Å². The van der Waals surface area contributed by atoms with Crippen LogP contribution in [0.1, 0.15) is 6.42 Å². The molecule has 1 aromatic heterocycles. The van der Waals surface area contributed by atoms with Crippen molar-refractivity contribution in [3.63, 3.8) is 0 Å². The third-order valence-electron chi connectivity index (χ3n) is 2.51. The van der Waals surface area contributed by atoms with Crippen LogP contribution in [0.4, 0.5) is 0 Å². The van der Waals surface area contributed by atoms with E-state index in [9.17, 15) is 0 Å². The highest BCUT2D eigenvalue weighted by Gasteiger charge is 2.10. The van der Waals surface area contributed by atoms with Gasteiger partial charge in [-0.25, -0.2) is 0 Å². The number of pyridine rings is 1. The first-order valence-electron chi connectivity index (χ1n) is 5.07. The Balaban J connectivity index is 2.20. The zero-order valence-electron chi connectivity index (χ0n) is 8.27. The molecule has 0 saturated carbocycles. The van der Waals surface area contributed by atoms with Gasteiger partial charge in [0.2, 0.25) is 0 Å². The van der Waals surface area contributed by atoms with Gasteiger partial charge in [0.25, 0.3) is 0 Å². The maximum atomic E-state index is 5.61. The summed E-state index contributed by atoms with van der Waals surface area (Å²) in [5.74, 6) is 1.67. The lowest BCUT2D eigenvalue weighted by Crippen LogP contribution is -1.97. The van der Waals surface area contributed by atoms with Gasteiger partial charge in [-0.15, -0.1) is 0 Å². The number of fused-ring (bicyclic) bond motifs is 2. The second kappa shape index (κ2) is 3.42. The molecule has 3 heteroatoms. The Hall–Kier alpha value is -1.77. The van der Waals surface area contributed by atoms with Crippen LogP contribution < -0.4 is 9.47 Å². The highest BCUT2D eigenvalue weighted by molar-refractivity contribution is 5.85. The lowest BCUT2D eigenvalue weighted by Gasteiger charge is -2.08. The standard InChI is InChI=1S/C12H11NO2/c1-4-14-11-6-9-2-3-13-8-10(9)7-12(11)15-5-1/h2-3,6-8H,1,4-5H2. The van der Waals surface area contributed by atoms with Crippen molar-refractivity contribution in [2.45, 2.75) is 6.42 Å². The van der Waals surface area contributed by atoms with Crippen molar-refractivity contribution in [3.05, 3.63) is 30.6 Å². The molecule has 0 bridgehead atoms. The predicted octanol–water partition coefficient (Wildman–Crippen LogP) is 2.40. The fraction of sp³-hybridized carbons (Fsp3) is 0.250. The Kier molecular flexibility index (Phi) is 1.95. The van der Waals surface area contributed by atoms with Gasteiger partial charge in [-0.2, -0.15) is 0 Å². The van der Waals surface area contributed by atoms with Crippen molar-refractivity contribution < 1.29 is 9.47 Å². The van der Waals surface area contributed by atoms with Crippen LogP contribution in [-0.2, 0) is 0 Å². The molecule has 0 saturated heterocycles. The third kappa shape index (κ3) is 1.50. The largest absolute Gasteiger partial charge is 0.490 e.